The zero-order valence-electron chi connectivity index (χ0n) is 18.0. The van der Waals surface area contributed by atoms with Crippen LogP contribution in [-0.4, -0.2) is 62.1 Å². The Balaban J connectivity index is 0.00000729. The van der Waals surface area contributed by atoms with Crippen LogP contribution < -0.4 is 10.6 Å². The molecule has 1 rings (SSSR count). The van der Waals surface area contributed by atoms with Gasteiger partial charge in [-0.05, 0) is 26.2 Å². The third-order valence-corrected chi connectivity index (χ3v) is 4.71. The molecule has 0 aromatic rings. The number of rotatable bonds is 11. The van der Waals surface area contributed by atoms with Crippen molar-refractivity contribution in [3.63, 3.8) is 0 Å². The van der Waals surface area contributed by atoms with E-state index >= 15 is 0 Å². The molecular formula is C20H39IN4O3. The molecule has 0 aromatic carbocycles. The maximum atomic E-state index is 12.1. The highest BCUT2D eigenvalue weighted by Gasteiger charge is 2.27. The lowest BCUT2D eigenvalue weighted by molar-refractivity contribution is -0.143. The van der Waals surface area contributed by atoms with Crippen molar-refractivity contribution in [1.29, 1.82) is 0 Å². The van der Waals surface area contributed by atoms with Gasteiger partial charge in [0, 0.05) is 45.1 Å². The number of likely N-dealkylation sites (tertiary alicyclic amines) is 1. The van der Waals surface area contributed by atoms with Gasteiger partial charge in [-0.15, -0.1) is 24.0 Å². The number of carbonyl (C=O) groups excluding carboxylic acids is 2. The van der Waals surface area contributed by atoms with Crippen LogP contribution in [0.1, 0.15) is 65.7 Å². The fourth-order valence-electron chi connectivity index (χ4n) is 3.20. The van der Waals surface area contributed by atoms with Crippen LogP contribution in [0.15, 0.2) is 4.99 Å². The van der Waals surface area contributed by atoms with E-state index in [-0.39, 0.29) is 47.8 Å². The number of aliphatic imine (C=N–C) groups is 1. The zero-order valence-corrected chi connectivity index (χ0v) is 20.3. The molecule has 1 heterocycles. The van der Waals surface area contributed by atoms with Crippen molar-refractivity contribution in [3.05, 3.63) is 0 Å². The number of hydrogen-bond acceptors (Lipinski definition) is 4. The quantitative estimate of drug-likeness (QED) is 0.147. The molecule has 1 unspecified atom stereocenters. The van der Waals surface area contributed by atoms with Crippen LogP contribution in [0, 0.1) is 5.92 Å². The topological polar surface area (TPSA) is 83.0 Å². The summed E-state index contributed by atoms with van der Waals surface area (Å²) >= 11 is 0. The van der Waals surface area contributed by atoms with Gasteiger partial charge in [0.05, 0.1) is 6.61 Å². The zero-order chi connectivity index (χ0) is 20.1. The van der Waals surface area contributed by atoms with Crippen molar-refractivity contribution in [2.24, 2.45) is 10.9 Å². The van der Waals surface area contributed by atoms with Crippen molar-refractivity contribution in [1.82, 2.24) is 15.5 Å². The molecule has 7 nitrogen and oxygen atoms in total. The summed E-state index contributed by atoms with van der Waals surface area (Å²) in [6.07, 6.45) is 6.79. The van der Waals surface area contributed by atoms with E-state index in [0.717, 1.165) is 64.1 Å². The minimum atomic E-state index is -0.0883. The molecule has 1 aliphatic rings. The molecule has 8 heteroatoms. The van der Waals surface area contributed by atoms with E-state index in [2.05, 4.69) is 15.6 Å². The summed E-state index contributed by atoms with van der Waals surface area (Å²) in [6, 6.07) is 0.266. The molecule has 1 aliphatic heterocycles. The molecule has 0 spiro atoms. The summed E-state index contributed by atoms with van der Waals surface area (Å²) in [5, 5.41) is 6.77. The number of nitrogens with one attached hydrogen (secondary N) is 2. The summed E-state index contributed by atoms with van der Waals surface area (Å²) < 4.78 is 4.92. The van der Waals surface area contributed by atoms with E-state index in [1.165, 1.54) is 0 Å². The second kappa shape index (κ2) is 15.8. The summed E-state index contributed by atoms with van der Waals surface area (Å²) in [4.78, 5) is 29.5. The standard InChI is InChI=1S/C20H38N4O3.HI/c1-5-27-18(25)11-9-7-6-8-10-13-22-20(21-4)23-17-12-14-24(15-17)19(26)16(2)3;/h16-17H,5-15H2,1-4H3,(H2,21,22,23);1H. The van der Waals surface area contributed by atoms with Gasteiger partial charge in [-0.2, -0.15) is 0 Å². The van der Waals surface area contributed by atoms with Crippen molar-refractivity contribution in [2.75, 3.05) is 33.3 Å². The molecule has 0 aromatic heterocycles. The Kier molecular flexibility index (Phi) is 15.2. The molecule has 1 fully saturated rings. The number of hydrogen-bond donors (Lipinski definition) is 2. The Morgan fingerprint density at radius 3 is 2.50 bits per heavy atom. The van der Waals surface area contributed by atoms with Gasteiger partial charge in [0.15, 0.2) is 5.96 Å². The Labute approximate surface area is 187 Å². The fraction of sp³-hybridized carbons (Fsp3) is 0.850. The van der Waals surface area contributed by atoms with E-state index in [4.69, 9.17) is 4.74 Å². The fourth-order valence-corrected chi connectivity index (χ4v) is 3.20. The van der Waals surface area contributed by atoms with E-state index in [1.807, 2.05) is 25.7 Å². The Hall–Kier alpha value is -1.06. The van der Waals surface area contributed by atoms with Gasteiger partial charge in [-0.1, -0.05) is 33.1 Å². The lowest BCUT2D eigenvalue weighted by Crippen LogP contribution is -2.45. The number of esters is 1. The van der Waals surface area contributed by atoms with Crippen LogP contribution >= 0.6 is 24.0 Å². The van der Waals surface area contributed by atoms with Crippen LogP contribution in [0.5, 0.6) is 0 Å². The average molecular weight is 510 g/mol. The SMILES string of the molecule is CCOC(=O)CCCCCCCNC(=NC)NC1CCN(C(=O)C(C)C)C1.I. The first-order chi connectivity index (χ1) is 13.0. The van der Waals surface area contributed by atoms with Gasteiger partial charge in [0.2, 0.25) is 5.91 Å². The van der Waals surface area contributed by atoms with Gasteiger partial charge >= 0.3 is 5.97 Å². The van der Waals surface area contributed by atoms with Crippen LogP contribution in [-0.2, 0) is 14.3 Å². The van der Waals surface area contributed by atoms with Crippen LogP contribution in [0.4, 0.5) is 0 Å². The lowest BCUT2D eigenvalue weighted by atomic mass is 10.1. The molecule has 1 amide bonds. The highest BCUT2D eigenvalue weighted by Crippen LogP contribution is 2.12. The van der Waals surface area contributed by atoms with Gasteiger partial charge in [-0.25, -0.2) is 0 Å². The van der Waals surface area contributed by atoms with Crippen LogP contribution in [0.2, 0.25) is 0 Å². The molecule has 0 radical (unpaired) electrons. The normalized spacial score (nSPS) is 16.7. The minimum absolute atomic E-state index is 0. The summed E-state index contributed by atoms with van der Waals surface area (Å²) in [7, 11) is 1.77. The summed E-state index contributed by atoms with van der Waals surface area (Å²) in [6.45, 7) is 8.63. The Morgan fingerprint density at radius 1 is 1.18 bits per heavy atom. The number of halogens is 1. The molecule has 1 atom stereocenters. The second-order valence-electron chi connectivity index (χ2n) is 7.39. The van der Waals surface area contributed by atoms with Crippen molar-refractivity contribution < 1.29 is 14.3 Å². The molecular weight excluding hydrogens is 471 g/mol. The first kappa shape index (κ1) is 26.9. The van der Waals surface area contributed by atoms with Crippen LogP contribution in [0.3, 0.4) is 0 Å². The molecule has 28 heavy (non-hydrogen) atoms. The Bertz CT molecular complexity index is 486. The largest absolute Gasteiger partial charge is 0.466 e. The second-order valence-corrected chi connectivity index (χ2v) is 7.39. The highest BCUT2D eigenvalue weighted by molar-refractivity contribution is 14.0. The molecule has 0 saturated carbocycles. The van der Waals surface area contributed by atoms with Gasteiger partial charge in [-0.3, -0.25) is 14.6 Å². The third-order valence-electron chi connectivity index (χ3n) is 4.71. The first-order valence-corrected chi connectivity index (χ1v) is 10.4. The van der Waals surface area contributed by atoms with Gasteiger partial charge in [0.1, 0.15) is 0 Å². The van der Waals surface area contributed by atoms with E-state index in [9.17, 15) is 9.59 Å². The lowest BCUT2D eigenvalue weighted by Gasteiger charge is -2.20. The van der Waals surface area contributed by atoms with E-state index < -0.39 is 0 Å². The molecule has 1 saturated heterocycles. The van der Waals surface area contributed by atoms with Crippen LogP contribution in [0.25, 0.3) is 0 Å². The monoisotopic (exact) mass is 510 g/mol. The van der Waals surface area contributed by atoms with Crippen molar-refractivity contribution in [3.8, 4) is 0 Å². The minimum Gasteiger partial charge on any atom is -0.466 e. The highest BCUT2D eigenvalue weighted by atomic mass is 127. The number of carbonyl (C=O) groups is 2. The molecule has 0 bridgehead atoms. The smallest absolute Gasteiger partial charge is 0.305 e. The first-order valence-electron chi connectivity index (χ1n) is 10.4. The molecule has 2 N–H and O–H groups in total. The molecule has 0 aliphatic carbocycles. The number of amides is 1. The number of nitrogens with zero attached hydrogens (tertiary/aromatic N) is 2. The average Bonchev–Trinajstić information content (AvgIpc) is 3.10. The third kappa shape index (κ3) is 11.1. The number of unbranched alkanes of at least 4 members (excludes halogenated alkanes) is 4. The number of guanidine groups is 1. The van der Waals surface area contributed by atoms with E-state index in [0.29, 0.717) is 13.0 Å². The van der Waals surface area contributed by atoms with Crippen molar-refractivity contribution >= 4 is 41.8 Å². The van der Waals surface area contributed by atoms with E-state index in [1.54, 1.807) is 7.05 Å². The Morgan fingerprint density at radius 2 is 1.86 bits per heavy atom. The molecule has 164 valence electrons. The van der Waals surface area contributed by atoms with Crippen molar-refractivity contribution in [2.45, 2.75) is 71.8 Å². The summed E-state index contributed by atoms with van der Waals surface area (Å²) in [5.74, 6) is 0.999. The van der Waals surface area contributed by atoms with Gasteiger partial charge in [0.25, 0.3) is 0 Å². The number of ether oxygens (including phenoxy) is 1. The summed E-state index contributed by atoms with van der Waals surface area (Å²) in [5.41, 5.74) is 0. The maximum absolute atomic E-state index is 12.1. The predicted octanol–water partition coefficient (Wildman–Crippen LogP) is 2.93. The maximum Gasteiger partial charge on any atom is 0.305 e. The predicted molar refractivity (Wildman–Crippen MR) is 124 cm³/mol. The van der Waals surface area contributed by atoms with Gasteiger partial charge < -0.3 is 20.3 Å².